The Morgan fingerprint density at radius 2 is 2.15 bits per heavy atom. The fraction of sp³-hybridized carbons (Fsp3) is 0.308. The SMILES string of the molecule is C=CCN(CCC)S(=O)(=O)c1cc(C(=O)O)ccc1F. The molecular weight excluding hydrogens is 285 g/mol. The highest BCUT2D eigenvalue weighted by molar-refractivity contribution is 7.89. The van der Waals surface area contributed by atoms with Crippen molar-refractivity contribution in [1.29, 1.82) is 0 Å². The zero-order chi connectivity index (χ0) is 15.3. The van der Waals surface area contributed by atoms with Gasteiger partial charge in [0.15, 0.2) is 0 Å². The van der Waals surface area contributed by atoms with Crippen LogP contribution in [0, 0.1) is 5.82 Å². The summed E-state index contributed by atoms with van der Waals surface area (Å²) in [5.41, 5.74) is -0.278. The van der Waals surface area contributed by atoms with Gasteiger partial charge in [-0.2, -0.15) is 4.31 Å². The van der Waals surface area contributed by atoms with Crippen LogP contribution in [0.5, 0.6) is 0 Å². The van der Waals surface area contributed by atoms with Gasteiger partial charge in [-0.05, 0) is 24.6 Å². The molecule has 0 heterocycles. The van der Waals surface area contributed by atoms with E-state index >= 15 is 0 Å². The summed E-state index contributed by atoms with van der Waals surface area (Å²) in [5, 5.41) is 8.86. The number of benzene rings is 1. The average Bonchev–Trinajstić information content (AvgIpc) is 2.38. The highest BCUT2D eigenvalue weighted by Gasteiger charge is 2.27. The third-order valence-corrected chi connectivity index (χ3v) is 4.48. The molecule has 0 fully saturated rings. The highest BCUT2D eigenvalue weighted by Crippen LogP contribution is 2.21. The van der Waals surface area contributed by atoms with Crippen LogP contribution in [0.4, 0.5) is 4.39 Å². The minimum absolute atomic E-state index is 0.0346. The topological polar surface area (TPSA) is 74.7 Å². The molecule has 1 aromatic rings. The molecular formula is C13H16FNO4S. The summed E-state index contributed by atoms with van der Waals surface area (Å²) in [5.74, 6) is -2.28. The fourth-order valence-electron chi connectivity index (χ4n) is 1.68. The van der Waals surface area contributed by atoms with Crippen LogP contribution in [0.2, 0.25) is 0 Å². The maximum absolute atomic E-state index is 13.7. The molecule has 0 bridgehead atoms. The Morgan fingerprint density at radius 1 is 1.50 bits per heavy atom. The van der Waals surface area contributed by atoms with Gasteiger partial charge in [0.25, 0.3) is 0 Å². The summed E-state index contributed by atoms with van der Waals surface area (Å²) in [6.07, 6.45) is 1.94. The van der Waals surface area contributed by atoms with Crippen molar-refractivity contribution in [3.63, 3.8) is 0 Å². The zero-order valence-electron chi connectivity index (χ0n) is 11.0. The first-order chi connectivity index (χ1) is 9.34. The lowest BCUT2D eigenvalue weighted by Crippen LogP contribution is -2.32. The van der Waals surface area contributed by atoms with Crippen LogP contribution in [0.3, 0.4) is 0 Å². The van der Waals surface area contributed by atoms with Crippen molar-refractivity contribution in [3.8, 4) is 0 Å². The molecule has 0 atom stereocenters. The van der Waals surface area contributed by atoms with Gasteiger partial charge < -0.3 is 5.11 Å². The molecule has 0 saturated carbocycles. The molecule has 1 aromatic carbocycles. The van der Waals surface area contributed by atoms with Gasteiger partial charge >= 0.3 is 5.97 Å². The molecule has 5 nitrogen and oxygen atoms in total. The van der Waals surface area contributed by atoms with Crippen molar-refractivity contribution in [2.45, 2.75) is 18.2 Å². The molecule has 1 rings (SSSR count). The molecule has 0 radical (unpaired) electrons. The molecule has 0 aliphatic carbocycles. The first kappa shape index (κ1) is 16.3. The first-order valence-corrected chi connectivity index (χ1v) is 7.42. The molecule has 0 saturated heterocycles. The summed E-state index contributed by atoms with van der Waals surface area (Å²) in [6, 6.07) is 2.70. The van der Waals surface area contributed by atoms with E-state index < -0.39 is 26.7 Å². The molecule has 0 amide bonds. The van der Waals surface area contributed by atoms with E-state index in [1.54, 1.807) is 6.92 Å². The van der Waals surface area contributed by atoms with E-state index in [0.29, 0.717) is 6.42 Å². The van der Waals surface area contributed by atoms with Crippen molar-refractivity contribution in [2.75, 3.05) is 13.1 Å². The van der Waals surface area contributed by atoms with E-state index in [1.165, 1.54) is 6.08 Å². The van der Waals surface area contributed by atoms with Gasteiger partial charge in [0.05, 0.1) is 5.56 Å². The average molecular weight is 301 g/mol. The molecule has 0 aromatic heterocycles. The third-order valence-electron chi connectivity index (χ3n) is 2.60. The molecule has 0 aliphatic heterocycles. The maximum Gasteiger partial charge on any atom is 0.335 e. The van der Waals surface area contributed by atoms with Crippen LogP contribution < -0.4 is 0 Å². The summed E-state index contributed by atoms with van der Waals surface area (Å²) in [6.45, 7) is 5.49. The number of hydrogen-bond acceptors (Lipinski definition) is 3. The minimum atomic E-state index is -4.09. The van der Waals surface area contributed by atoms with E-state index in [1.807, 2.05) is 0 Å². The predicted octanol–water partition coefficient (Wildman–Crippen LogP) is 2.11. The molecule has 7 heteroatoms. The smallest absolute Gasteiger partial charge is 0.335 e. The second-order valence-corrected chi connectivity index (χ2v) is 6.01. The summed E-state index contributed by atoms with van der Waals surface area (Å²) >= 11 is 0. The van der Waals surface area contributed by atoms with E-state index in [9.17, 15) is 17.6 Å². The second kappa shape index (κ2) is 6.62. The first-order valence-electron chi connectivity index (χ1n) is 5.98. The number of carboxylic acids is 1. The van der Waals surface area contributed by atoms with Crippen LogP contribution in [0.15, 0.2) is 35.7 Å². The number of nitrogens with zero attached hydrogens (tertiary/aromatic N) is 1. The summed E-state index contributed by atoms with van der Waals surface area (Å²) in [7, 11) is -4.09. The number of rotatable bonds is 7. The number of sulfonamides is 1. The van der Waals surface area contributed by atoms with E-state index in [0.717, 1.165) is 22.5 Å². The van der Waals surface area contributed by atoms with Crippen LogP contribution in [-0.2, 0) is 10.0 Å². The minimum Gasteiger partial charge on any atom is -0.478 e. The number of halogens is 1. The monoisotopic (exact) mass is 301 g/mol. The molecule has 110 valence electrons. The van der Waals surface area contributed by atoms with Crippen LogP contribution in [0.25, 0.3) is 0 Å². The lowest BCUT2D eigenvalue weighted by Gasteiger charge is -2.20. The van der Waals surface area contributed by atoms with Crippen molar-refractivity contribution in [3.05, 3.63) is 42.2 Å². The van der Waals surface area contributed by atoms with Gasteiger partial charge in [0, 0.05) is 13.1 Å². The Balaban J connectivity index is 3.35. The van der Waals surface area contributed by atoms with Crippen LogP contribution in [-0.4, -0.2) is 36.9 Å². The predicted molar refractivity (Wildman–Crippen MR) is 72.6 cm³/mol. The van der Waals surface area contributed by atoms with Crippen molar-refractivity contribution in [2.24, 2.45) is 0 Å². The molecule has 20 heavy (non-hydrogen) atoms. The lowest BCUT2D eigenvalue weighted by molar-refractivity contribution is 0.0696. The Hall–Kier alpha value is -1.73. The maximum atomic E-state index is 13.7. The van der Waals surface area contributed by atoms with E-state index in [4.69, 9.17) is 5.11 Å². The van der Waals surface area contributed by atoms with Crippen molar-refractivity contribution in [1.82, 2.24) is 4.31 Å². The van der Waals surface area contributed by atoms with Crippen LogP contribution >= 0.6 is 0 Å². The van der Waals surface area contributed by atoms with Gasteiger partial charge in [0.1, 0.15) is 10.7 Å². The van der Waals surface area contributed by atoms with Gasteiger partial charge in [-0.15, -0.1) is 6.58 Å². The van der Waals surface area contributed by atoms with Crippen molar-refractivity contribution >= 4 is 16.0 Å². The van der Waals surface area contributed by atoms with Gasteiger partial charge in [0.2, 0.25) is 10.0 Å². The lowest BCUT2D eigenvalue weighted by atomic mass is 10.2. The van der Waals surface area contributed by atoms with Gasteiger partial charge in [-0.3, -0.25) is 0 Å². The molecule has 1 N–H and O–H groups in total. The number of hydrogen-bond donors (Lipinski definition) is 1. The van der Waals surface area contributed by atoms with Crippen LogP contribution in [0.1, 0.15) is 23.7 Å². The van der Waals surface area contributed by atoms with Gasteiger partial charge in [-0.1, -0.05) is 13.0 Å². The standard InChI is InChI=1S/C13H16FNO4S/c1-3-7-15(8-4-2)20(18,19)12-9-10(13(16)17)5-6-11(12)14/h3,5-6,9H,1,4,7-8H2,2H3,(H,16,17). The quantitative estimate of drug-likeness (QED) is 0.783. The molecule has 0 spiro atoms. The second-order valence-electron chi connectivity index (χ2n) is 4.10. The largest absolute Gasteiger partial charge is 0.478 e. The number of aromatic carboxylic acids is 1. The van der Waals surface area contributed by atoms with Gasteiger partial charge in [-0.25, -0.2) is 17.6 Å². The Morgan fingerprint density at radius 3 is 2.65 bits per heavy atom. The fourth-order valence-corrected chi connectivity index (χ4v) is 3.27. The zero-order valence-corrected chi connectivity index (χ0v) is 11.9. The number of carbonyl (C=O) groups is 1. The molecule has 0 aliphatic rings. The van der Waals surface area contributed by atoms with E-state index in [-0.39, 0.29) is 18.7 Å². The Bertz CT molecular complexity index is 613. The third kappa shape index (κ3) is 3.43. The number of carboxylic acid groups (broad SMARTS) is 1. The summed E-state index contributed by atoms with van der Waals surface area (Å²) in [4.78, 5) is 10.2. The van der Waals surface area contributed by atoms with Crippen molar-refractivity contribution < 1.29 is 22.7 Å². The van der Waals surface area contributed by atoms with E-state index in [2.05, 4.69) is 6.58 Å². The molecule has 0 unspecified atom stereocenters. The summed E-state index contributed by atoms with van der Waals surface area (Å²) < 4.78 is 39.5. The Kier molecular flexibility index (Phi) is 5.41. The highest BCUT2D eigenvalue weighted by atomic mass is 32.2. The normalized spacial score (nSPS) is 11.6. The Labute approximate surface area is 117 Å².